The lowest BCUT2D eigenvalue weighted by Gasteiger charge is -2.33. The Labute approximate surface area is 126 Å². The quantitative estimate of drug-likeness (QED) is 0.769. The van der Waals surface area contributed by atoms with Gasteiger partial charge in [-0.1, -0.05) is 6.07 Å². The van der Waals surface area contributed by atoms with Crippen LogP contribution >= 0.6 is 23.1 Å². The third kappa shape index (κ3) is 3.97. The second-order valence-corrected chi connectivity index (χ2v) is 6.29. The Balaban J connectivity index is 1.84. The Morgan fingerprint density at radius 3 is 3.15 bits per heavy atom. The zero-order valence-corrected chi connectivity index (χ0v) is 12.9. The van der Waals surface area contributed by atoms with Gasteiger partial charge in [-0.25, -0.2) is 4.79 Å². The van der Waals surface area contributed by atoms with Crippen molar-refractivity contribution in [2.45, 2.75) is 11.8 Å². The molecule has 0 bridgehead atoms. The summed E-state index contributed by atoms with van der Waals surface area (Å²) in [5.74, 6) is 0.730. The molecule has 1 saturated heterocycles. The summed E-state index contributed by atoms with van der Waals surface area (Å²) in [6.45, 7) is 1.13. The summed E-state index contributed by atoms with van der Waals surface area (Å²) in [5, 5.41) is 2.02. The average Bonchev–Trinajstić information content (AvgIpc) is 2.99. The number of thiophene rings is 1. The molecule has 1 aliphatic heterocycles. The molecule has 1 aromatic heterocycles. The van der Waals surface area contributed by atoms with Gasteiger partial charge >= 0.3 is 5.97 Å². The number of ether oxygens (including phenoxy) is 2. The van der Waals surface area contributed by atoms with Crippen LogP contribution in [0, 0.1) is 0 Å². The van der Waals surface area contributed by atoms with Crippen LogP contribution in [0.5, 0.6) is 0 Å². The summed E-state index contributed by atoms with van der Waals surface area (Å²) in [5.41, 5.74) is 0. The van der Waals surface area contributed by atoms with Crippen molar-refractivity contribution in [3.63, 3.8) is 0 Å². The Morgan fingerprint density at radius 1 is 1.60 bits per heavy atom. The fourth-order valence-corrected chi connectivity index (χ4v) is 3.70. The molecule has 2 heterocycles. The Kier molecular flexibility index (Phi) is 5.87. The van der Waals surface area contributed by atoms with Crippen LogP contribution in [0.2, 0.25) is 0 Å². The lowest BCUT2D eigenvalue weighted by Crippen LogP contribution is -2.53. The number of carbonyl (C=O) groups is 2. The van der Waals surface area contributed by atoms with Crippen molar-refractivity contribution in [3.8, 4) is 0 Å². The summed E-state index contributed by atoms with van der Waals surface area (Å²) in [6, 6.07) is 3.44. The molecule has 5 nitrogen and oxygen atoms in total. The fraction of sp³-hybridized carbons (Fsp3) is 0.538. The van der Waals surface area contributed by atoms with Crippen LogP contribution < -0.4 is 0 Å². The van der Waals surface area contributed by atoms with E-state index < -0.39 is 12.0 Å². The molecule has 0 saturated carbocycles. The van der Waals surface area contributed by atoms with Gasteiger partial charge in [-0.15, -0.1) is 23.1 Å². The van der Waals surface area contributed by atoms with E-state index in [0.717, 1.165) is 5.75 Å². The number of esters is 1. The maximum absolute atomic E-state index is 12.2. The molecule has 1 fully saturated rings. The maximum Gasteiger partial charge on any atom is 0.331 e. The Morgan fingerprint density at radius 2 is 2.45 bits per heavy atom. The highest BCUT2D eigenvalue weighted by Gasteiger charge is 2.33. The zero-order valence-electron chi connectivity index (χ0n) is 11.2. The molecule has 0 aromatic carbocycles. The van der Waals surface area contributed by atoms with Gasteiger partial charge in [0, 0.05) is 17.2 Å². The van der Waals surface area contributed by atoms with Crippen LogP contribution in [-0.2, 0) is 24.8 Å². The van der Waals surface area contributed by atoms with Crippen LogP contribution in [0.3, 0.4) is 0 Å². The second-order valence-electron chi connectivity index (χ2n) is 4.27. The number of rotatable bonds is 5. The molecule has 0 aliphatic carbocycles. The van der Waals surface area contributed by atoms with E-state index in [1.54, 1.807) is 28.0 Å². The van der Waals surface area contributed by atoms with Crippen molar-refractivity contribution in [1.29, 1.82) is 0 Å². The van der Waals surface area contributed by atoms with E-state index in [1.807, 2.05) is 17.5 Å². The third-order valence-corrected chi connectivity index (χ3v) is 5.00. The van der Waals surface area contributed by atoms with E-state index in [9.17, 15) is 9.59 Å². The highest BCUT2D eigenvalue weighted by molar-refractivity contribution is 7.99. The molecular weight excluding hydrogens is 298 g/mol. The van der Waals surface area contributed by atoms with Gasteiger partial charge in [0.15, 0.2) is 6.04 Å². The smallest absolute Gasteiger partial charge is 0.331 e. The molecule has 1 amide bonds. The van der Waals surface area contributed by atoms with Crippen LogP contribution in [0.25, 0.3) is 0 Å². The summed E-state index contributed by atoms with van der Waals surface area (Å²) in [4.78, 5) is 26.7. The predicted molar refractivity (Wildman–Crippen MR) is 78.8 cm³/mol. The van der Waals surface area contributed by atoms with Crippen LogP contribution in [0.15, 0.2) is 17.5 Å². The van der Waals surface area contributed by atoms with Crippen LogP contribution in [0.4, 0.5) is 0 Å². The first kappa shape index (κ1) is 15.3. The number of morpholine rings is 1. The minimum absolute atomic E-state index is 0.0368. The first-order valence-electron chi connectivity index (χ1n) is 6.27. The molecule has 2 rings (SSSR count). The lowest BCUT2D eigenvalue weighted by atomic mass is 10.2. The van der Waals surface area contributed by atoms with Gasteiger partial charge in [-0.3, -0.25) is 4.79 Å². The molecule has 1 aromatic rings. The van der Waals surface area contributed by atoms with Crippen molar-refractivity contribution in [2.75, 3.05) is 32.6 Å². The van der Waals surface area contributed by atoms with E-state index in [1.165, 1.54) is 12.0 Å². The highest BCUT2D eigenvalue weighted by atomic mass is 32.2. The van der Waals surface area contributed by atoms with Crippen molar-refractivity contribution < 1.29 is 19.1 Å². The Bertz CT molecular complexity index is 449. The number of thioether (sulfide) groups is 1. The predicted octanol–water partition coefficient (Wildman–Crippen LogP) is 1.38. The van der Waals surface area contributed by atoms with Gasteiger partial charge in [-0.2, -0.15) is 0 Å². The van der Waals surface area contributed by atoms with Crippen LogP contribution in [0.1, 0.15) is 4.88 Å². The molecule has 0 N–H and O–H groups in total. The van der Waals surface area contributed by atoms with Crippen molar-refractivity contribution >= 4 is 35.0 Å². The van der Waals surface area contributed by atoms with Gasteiger partial charge in [0.25, 0.3) is 0 Å². The third-order valence-electron chi connectivity index (χ3n) is 2.97. The first-order chi connectivity index (χ1) is 9.72. The molecule has 1 aliphatic rings. The summed E-state index contributed by atoms with van der Waals surface area (Å²) in [6.07, 6.45) is 0. The maximum atomic E-state index is 12.2. The molecule has 20 heavy (non-hydrogen) atoms. The molecule has 0 radical (unpaired) electrons. The second kappa shape index (κ2) is 7.66. The van der Waals surface area contributed by atoms with Gasteiger partial charge < -0.3 is 14.4 Å². The van der Waals surface area contributed by atoms with E-state index in [4.69, 9.17) is 9.47 Å². The fourth-order valence-electron chi connectivity index (χ4n) is 1.95. The highest BCUT2D eigenvalue weighted by Crippen LogP contribution is 2.18. The standard InChI is InChI=1S/C13H17NO4S2/c1-17-13(16)11-7-18-5-4-14(11)12(15)9-19-8-10-3-2-6-20-10/h2-3,6,11H,4-5,7-9H2,1H3. The molecule has 1 atom stereocenters. The Hall–Kier alpha value is -1.05. The molecule has 110 valence electrons. The normalized spacial score (nSPS) is 18.9. The zero-order chi connectivity index (χ0) is 14.4. The number of carbonyl (C=O) groups excluding carboxylic acids is 2. The average molecular weight is 315 g/mol. The minimum Gasteiger partial charge on any atom is -0.467 e. The number of hydrogen-bond acceptors (Lipinski definition) is 6. The van der Waals surface area contributed by atoms with Crippen molar-refractivity contribution in [2.24, 2.45) is 0 Å². The van der Waals surface area contributed by atoms with E-state index >= 15 is 0 Å². The number of amides is 1. The van der Waals surface area contributed by atoms with E-state index in [-0.39, 0.29) is 12.5 Å². The SMILES string of the molecule is COC(=O)C1COCCN1C(=O)CSCc1cccs1. The lowest BCUT2D eigenvalue weighted by molar-refractivity contribution is -0.159. The summed E-state index contributed by atoms with van der Waals surface area (Å²) in [7, 11) is 1.32. The van der Waals surface area contributed by atoms with Crippen LogP contribution in [-0.4, -0.2) is 55.4 Å². The van der Waals surface area contributed by atoms with E-state index in [2.05, 4.69) is 0 Å². The summed E-state index contributed by atoms with van der Waals surface area (Å²) >= 11 is 3.24. The molecular formula is C13H17NO4S2. The largest absolute Gasteiger partial charge is 0.467 e. The number of hydrogen-bond donors (Lipinski definition) is 0. The molecule has 7 heteroatoms. The van der Waals surface area contributed by atoms with Crippen molar-refractivity contribution in [1.82, 2.24) is 4.90 Å². The van der Waals surface area contributed by atoms with Gasteiger partial charge in [0.1, 0.15) is 0 Å². The van der Waals surface area contributed by atoms with E-state index in [0.29, 0.717) is 18.9 Å². The first-order valence-corrected chi connectivity index (χ1v) is 8.31. The van der Waals surface area contributed by atoms with Crippen molar-refractivity contribution in [3.05, 3.63) is 22.4 Å². The number of nitrogens with zero attached hydrogens (tertiary/aromatic N) is 1. The summed E-state index contributed by atoms with van der Waals surface area (Å²) < 4.78 is 9.96. The van der Waals surface area contributed by atoms with Gasteiger partial charge in [-0.05, 0) is 11.4 Å². The number of methoxy groups -OCH3 is 1. The topological polar surface area (TPSA) is 55.8 Å². The molecule has 1 unspecified atom stereocenters. The van der Waals surface area contributed by atoms with Gasteiger partial charge in [0.05, 0.1) is 26.1 Å². The minimum atomic E-state index is -0.608. The molecule has 0 spiro atoms. The monoisotopic (exact) mass is 315 g/mol. The van der Waals surface area contributed by atoms with Gasteiger partial charge in [0.2, 0.25) is 5.91 Å².